The Bertz CT molecular complexity index is 313. The molecule has 1 heterocycles. The number of likely N-dealkylation sites (tertiary alicyclic amines) is 1. The maximum Gasteiger partial charge on any atom is 0.234 e. The van der Waals surface area contributed by atoms with Crippen molar-refractivity contribution in [2.24, 2.45) is 11.8 Å². The van der Waals surface area contributed by atoms with Crippen LogP contribution in [-0.4, -0.2) is 49.6 Å². The average Bonchev–Trinajstić information content (AvgIpc) is 2.49. The SMILES string of the molecule is CCNCC1CCN(CC(=O)NC2CCCCC2C)CC1. The molecule has 0 bridgehead atoms. The van der Waals surface area contributed by atoms with Crippen LogP contribution in [0.1, 0.15) is 52.4 Å². The van der Waals surface area contributed by atoms with E-state index in [4.69, 9.17) is 0 Å². The van der Waals surface area contributed by atoms with Crippen molar-refractivity contribution in [1.82, 2.24) is 15.5 Å². The molecule has 0 aromatic carbocycles. The minimum Gasteiger partial charge on any atom is -0.352 e. The van der Waals surface area contributed by atoms with Gasteiger partial charge in [0.25, 0.3) is 0 Å². The molecular weight excluding hydrogens is 262 g/mol. The Morgan fingerprint density at radius 2 is 1.86 bits per heavy atom. The molecule has 4 heteroatoms. The second-order valence-corrected chi connectivity index (χ2v) is 6.96. The number of piperidine rings is 1. The van der Waals surface area contributed by atoms with Gasteiger partial charge in [-0.25, -0.2) is 0 Å². The minimum atomic E-state index is 0.235. The normalized spacial score (nSPS) is 28.5. The van der Waals surface area contributed by atoms with E-state index in [9.17, 15) is 4.79 Å². The highest BCUT2D eigenvalue weighted by molar-refractivity contribution is 5.78. The lowest BCUT2D eigenvalue weighted by atomic mass is 9.86. The first-order valence-electron chi connectivity index (χ1n) is 8.91. The van der Waals surface area contributed by atoms with Gasteiger partial charge in [0.2, 0.25) is 5.91 Å². The predicted molar refractivity (Wildman–Crippen MR) is 87.3 cm³/mol. The van der Waals surface area contributed by atoms with Crippen LogP contribution in [0.25, 0.3) is 0 Å². The van der Waals surface area contributed by atoms with Crippen molar-refractivity contribution >= 4 is 5.91 Å². The summed E-state index contributed by atoms with van der Waals surface area (Å²) in [6.45, 7) is 9.37. The van der Waals surface area contributed by atoms with Gasteiger partial charge in [-0.1, -0.05) is 26.7 Å². The van der Waals surface area contributed by atoms with E-state index in [0.717, 1.165) is 38.5 Å². The molecule has 4 nitrogen and oxygen atoms in total. The molecule has 122 valence electrons. The van der Waals surface area contributed by atoms with Crippen LogP contribution in [0.5, 0.6) is 0 Å². The molecule has 0 spiro atoms. The Balaban J connectivity index is 1.64. The summed E-state index contributed by atoms with van der Waals surface area (Å²) in [5, 5.41) is 6.70. The Morgan fingerprint density at radius 1 is 1.14 bits per heavy atom. The monoisotopic (exact) mass is 295 g/mol. The molecule has 2 N–H and O–H groups in total. The Hall–Kier alpha value is -0.610. The van der Waals surface area contributed by atoms with Crippen LogP contribution in [-0.2, 0) is 4.79 Å². The molecule has 1 aliphatic carbocycles. The van der Waals surface area contributed by atoms with Gasteiger partial charge in [-0.05, 0) is 63.7 Å². The van der Waals surface area contributed by atoms with E-state index in [1.165, 1.54) is 32.1 Å². The van der Waals surface area contributed by atoms with E-state index in [0.29, 0.717) is 18.5 Å². The quantitative estimate of drug-likeness (QED) is 0.788. The number of nitrogens with zero attached hydrogens (tertiary/aromatic N) is 1. The molecule has 1 amide bonds. The van der Waals surface area contributed by atoms with Gasteiger partial charge in [0.1, 0.15) is 0 Å². The van der Waals surface area contributed by atoms with Crippen LogP contribution in [0.15, 0.2) is 0 Å². The van der Waals surface area contributed by atoms with Crippen LogP contribution >= 0.6 is 0 Å². The van der Waals surface area contributed by atoms with Crippen molar-refractivity contribution in [1.29, 1.82) is 0 Å². The molecule has 2 fully saturated rings. The maximum absolute atomic E-state index is 12.2. The van der Waals surface area contributed by atoms with E-state index in [2.05, 4.69) is 29.4 Å². The molecule has 21 heavy (non-hydrogen) atoms. The fourth-order valence-corrected chi connectivity index (χ4v) is 3.68. The Labute approximate surface area is 130 Å². The van der Waals surface area contributed by atoms with Gasteiger partial charge >= 0.3 is 0 Å². The fourth-order valence-electron chi connectivity index (χ4n) is 3.68. The van der Waals surface area contributed by atoms with Gasteiger partial charge in [-0.15, -0.1) is 0 Å². The summed E-state index contributed by atoms with van der Waals surface area (Å²) in [6.07, 6.45) is 7.47. The zero-order valence-electron chi connectivity index (χ0n) is 13.9. The zero-order chi connectivity index (χ0) is 15.1. The van der Waals surface area contributed by atoms with Crippen LogP contribution in [0, 0.1) is 11.8 Å². The molecule has 0 radical (unpaired) electrons. The molecule has 2 aliphatic rings. The topological polar surface area (TPSA) is 44.4 Å². The molecule has 1 aliphatic heterocycles. The molecule has 2 atom stereocenters. The molecule has 0 aromatic heterocycles. The molecule has 1 saturated heterocycles. The van der Waals surface area contributed by atoms with Crippen LogP contribution in [0.4, 0.5) is 0 Å². The highest BCUT2D eigenvalue weighted by atomic mass is 16.2. The minimum absolute atomic E-state index is 0.235. The maximum atomic E-state index is 12.2. The molecule has 0 aromatic rings. The Kier molecular flexibility index (Phi) is 6.97. The fraction of sp³-hybridized carbons (Fsp3) is 0.941. The third kappa shape index (κ3) is 5.59. The van der Waals surface area contributed by atoms with Crippen LogP contribution < -0.4 is 10.6 Å². The van der Waals surface area contributed by atoms with Gasteiger partial charge in [-0.3, -0.25) is 9.69 Å². The Morgan fingerprint density at radius 3 is 2.52 bits per heavy atom. The molecule has 2 unspecified atom stereocenters. The van der Waals surface area contributed by atoms with E-state index in [1.54, 1.807) is 0 Å². The number of carbonyl (C=O) groups is 1. The van der Waals surface area contributed by atoms with E-state index >= 15 is 0 Å². The smallest absolute Gasteiger partial charge is 0.234 e. The number of hydrogen-bond acceptors (Lipinski definition) is 3. The lowest BCUT2D eigenvalue weighted by Crippen LogP contribution is -2.47. The third-order valence-corrected chi connectivity index (χ3v) is 5.22. The predicted octanol–water partition coefficient (Wildman–Crippen LogP) is 2.00. The highest BCUT2D eigenvalue weighted by Crippen LogP contribution is 2.23. The van der Waals surface area contributed by atoms with E-state index in [1.807, 2.05) is 0 Å². The summed E-state index contributed by atoms with van der Waals surface area (Å²) in [5.74, 6) is 1.68. The summed E-state index contributed by atoms with van der Waals surface area (Å²) >= 11 is 0. The van der Waals surface area contributed by atoms with E-state index < -0.39 is 0 Å². The second-order valence-electron chi connectivity index (χ2n) is 6.96. The van der Waals surface area contributed by atoms with E-state index in [-0.39, 0.29) is 5.91 Å². The van der Waals surface area contributed by atoms with Crippen molar-refractivity contribution in [2.75, 3.05) is 32.7 Å². The first kappa shape index (κ1) is 16.8. The van der Waals surface area contributed by atoms with Crippen molar-refractivity contribution < 1.29 is 4.79 Å². The third-order valence-electron chi connectivity index (χ3n) is 5.22. The van der Waals surface area contributed by atoms with Crippen molar-refractivity contribution in [3.8, 4) is 0 Å². The van der Waals surface area contributed by atoms with Gasteiger partial charge < -0.3 is 10.6 Å². The summed E-state index contributed by atoms with van der Waals surface area (Å²) in [7, 11) is 0. The number of hydrogen-bond donors (Lipinski definition) is 2. The number of rotatable bonds is 6. The van der Waals surface area contributed by atoms with Crippen molar-refractivity contribution in [2.45, 2.75) is 58.4 Å². The lowest BCUT2D eigenvalue weighted by molar-refractivity contribution is -0.123. The lowest BCUT2D eigenvalue weighted by Gasteiger charge is -2.33. The summed E-state index contributed by atoms with van der Waals surface area (Å²) in [6, 6.07) is 0.414. The molecule has 1 saturated carbocycles. The number of amides is 1. The van der Waals surface area contributed by atoms with Gasteiger partial charge in [0, 0.05) is 6.04 Å². The van der Waals surface area contributed by atoms with Gasteiger partial charge in [-0.2, -0.15) is 0 Å². The summed E-state index contributed by atoms with van der Waals surface area (Å²) < 4.78 is 0. The number of nitrogens with one attached hydrogen (secondary N) is 2. The average molecular weight is 295 g/mol. The second kappa shape index (κ2) is 8.74. The van der Waals surface area contributed by atoms with Crippen molar-refractivity contribution in [3.05, 3.63) is 0 Å². The van der Waals surface area contributed by atoms with Gasteiger partial charge in [0.05, 0.1) is 6.54 Å². The summed E-state index contributed by atoms with van der Waals surface area (Å²) in [4.78, 5) is 14.5. The first-order valence-corrected chi connectivity index (χ1v) is 8.91. The van der Waals surface area contributed by atoms with Crippen LogP contribution in [0.3, 0.4) is 0 Å². The standard InChI is InChI=1S/C17H33N3O/c1-3-18-12-15-8-10-20(11-9-15)13-17(21)19-16-7-5-4-6-14(16)2/h14-16,18H,3-13H2,1-2H3,(H,19,21). The summed E-state index contributed by atoms with van der Waals surface area (Å²) in [5.41, 5.74) is 0. The largest absolute Gasteiger partial charge is 0.352 e. The first-order chi connectivity index (χ1) is 10.2. The number of carbonyl (C=O) groups excluding carboxylic acids is 1. The zero-order valence-corrected chi connectivity index (χ0v) is 13.9. The van der Waals surface area contributed by atoms with Gasteiger partial charge in [0.15, 0.2) is 0 Å². The van der Waals surface area contributed by atoms with Crippen molar-refractivity contribution in [3.63, 3.8) is 0 Å². The van der Waals surface area contributed by atoms with Crippen LogP contribution in [0.2, 0.25) is 0 Å². The molecular formula is C17H33N3O. The molecule has 2 rings (SSSR count). The highest BCUT2D eigenvalue weighted by Gasteiger charge is 2.25.